The van der Waals surface area contributed by atoms with Gasteiger partial charge < -0.3 is 4.74 Å². The van der Waals surface area contributed by atoms with Crippen LogP contribution in [-0.4, -0.2) is 47.9 Å². The van der Waals surface area contributed by atoms with Crippen LogP contribution in [0.3, 0.4) is 0 Å². The summed E-state index contributed by atoms with van der Waals surface area (Å²) in [6.45, 7) is 2.84. The van der Waals surface area contributed by atoms with Gasteiger partial charge in [-0.1, -0.05) is 55.0 Å². The molecule has 5 nitrogen and oxygen atoms in total. The van der Waals surface area contributed by atoms with Gasteiger partial charge in [0.15, 0.2) is 0 Å². The fourth-order valence-corrected chi connectivity index (χ4v) is 5.22. The van der Waals surface area contributed by atoms with Crippen molar-refractivity contribution in [2.45, 2.75) is 37.8 Å². The molecule has 2 heterocycles. The van der Waals surface area contributed by atoms with Gasteiger partial charge in [0, 0.05) is 25.2 Å². The van der Waals surface area contributed by atoms with E-state index < -0.39 is 0 Å². The van der Waals surface area contributed by atoms with Crippen molar-refractivity contribution < 1.29 is 14.3 Å². The minimum Gasteiger partial charge on any atom is -0.352 e. The predicted molar refractivity (Wildman–Crippen MR) is 119 cm³/mol. The van der Waals surface area contributed by atoms with E-state index in [1.807, 2.05) is 12.2 Å². The van der Waals surface area contributed by atoms with Crippen LogP contribution in [0, 0.1) is 0 Å². The minimum atomic E-state index is -0.364. The second kappa shape index (κ2) is 8.40. The number of piperidine rings is 1. The molecule has 31 heavy (non-hydrogen) atoms. The zero-order chi connectivity index (χ0) is 21.3. The standard InChI is InChI=1S/C26H28N2O3/c29-24-21-11-3-4-12-22(21)25(30)28(24)18-8-9-19-31-26(27-16-6-1-7-17-27)15-14-20-10-2-5-13-23(20)26/h2-5,8-13H,1,6-7,14-19H2/b9-8-. The lowest BCUT2D eigenvalue weighted by atomic mass is 9.99. The minimum absolute atomic E-state index is 0.222. The fourth-order valence-electron chi connectivity index (χ4n) is 5.22. The van der Waals surface area contributed by atoms with E-state index in [-0.39, 0.29) is 24.1 Å². The van der Waals surface area contributed by atoms with Gasteiger partial charge in [-0.25, -0.2) is 0 Å². The number of ether oxygens (including phenoxy) is 1. The van der Waals surface area contributed by atoms with Gasteiger partial charge in [-0.15, -0.1) is 0 Å². The molecule has 1 aliphatic carbocycles. The largest absolute Gasteiger partial charge is 0.352 e. The normalized spacial score (nSPS) is 23.5. The first kappa shape index (κ1) is 20.2. The average Bonchev–Trinajstić information content (AvgIpc) is 3.31. The highest BCUT2D eigenvalue weighted by Crippen LogP contribution is 2.43. The molecule has 0 saturated carbocycles. The summed E-state index contributed by atoms with van der Waals surface area (Å²) < 4.78 is 6.59. The summed E-state index contributed by atoms with van der Waals surface area (Å²) in [7, 11) is 0. The number of aryl methyl sites for hydroxylation is 1. The maximum absolute atomic E-state index is 12.5. The molecule has 5 rings (SSSR count). The number of carbonyl (C=O) groups excluding carboxylic acids is 2. The molecule has 0 N–H and O–H groups in total. The van der Waals surface area contributed by atoms with Crippen LogP contribution < -0.4 is 0 Å². The van der Waals surface area contributed by atoms with Crippen LogP contribution in [0.25, 0.3) is 0 Å². The van der Waals surface area contributed by atoms with Gasteiger partial charge in [0.25, 0.3) is 11.8 Å². The van der Waals surface area contributed by atoms with E-state index in [4.69, 9.17) is 4.74 Å². The number of carbonyl (C=O) groups is 2. The number of imide groups is 1. The average molecular weight is 417 g/mol. The molecule has 0 bridgehead atoms. The van der Waals surface area contributed by atoms with Crippen LogP contribution in [0.4, 0.5) is 0 Å². The van der Waals surface area contributed by atoms with E-state index in [9.17, 15) is 9.59 Å². The van der Waals surface area contributed by atoms with Gasteiger partial charge in [-0.2, -0.15) is 0 Å². The van der Waals surface area contributed by atoms with Crippen molar-refractivity contribution >= 4 is 11.8 Å². The Labute approximate surface area is 183 Å². The molecule has 1 fully saturated rings. The molecule has 1 atom stereocenters. The van der Waals surface area contributed by atoms with Crippen LogP contribution in [0.15, 0.2) is 60.7 Å². The first-order chi connectivity index (χ1) is 15.2. The van der Waals surface area contributed by atoms with Crippen LogP contribution in [0.2, 0.25) is 0 Å². The predicted octanol–water partition coefficient (Wildman–Crippen LogP) is 4.14. The van der Waals surface area contributed by atoms with Crippen LogP contribution in [0.1, 0.15) is 57.5 Å². The SMILES string of the molecule is O=C1c2ccccc2C(=O)N1C/C=C\COC1(N2CCCCC2)CCc2ccccc21. The summed E-state index contributed by atoms with van der Waals surface area (Å²) in [6.07, 6.45) is 9.52. The Morgan fingerprint density at radius 1 is 0.871 bits per heavy atom. The highest BCUT2D eigenvalue weighted by molar-refractivity contribution is 6.21. The van der Waals surface area contributed by atoms with Crippen LogP contribution >= 0.6 is 0 Å². The van der Waals surface area contributed by atoms with E-state index in [1.165, 1.54) is 35.3 Å². The van der Waals surface area contributed by atoms with Crippen LogP contribution in [0.5, 0.6) is 0 Å². The maximum Gasteiger partial charge on any atom is 0.261 e. The second-order valence-corrected chi connectivity index (χ2v) is 8.54. The molecule has 2 aliphatic heterocycles. The van der Waals surface area contributed by atoms with Gasteiger partial charge in [0.1, 0.15) is 5.72 Å². The van der Waals surface area contributed by atoms with E-state index >= 15 is 0 Å². The smallest absolute Gasteiger partial charge is 0.261 e. The maximum atomic E-state index is 12.5. The molecule has 3 aliphatic rings. The third-order valence-electron chi connectivity index (χ3n) is 6.79. The number of benzene rings is 2. The summed E-state index contributed by atoms with van der Waals surface area (Å²) in [4.78, 5) is 28.8. The van der Waals surface area contributed by atoms with Gasteiger partial charge in [-0.3, -0.25) is 19.4 Å². The Kier molecular flexibility index (Phi) is 5.47. The monoisotopic (exact) mass is 416 g/mol. The molecule has 0 radical (unpaired) electrons. The number of hydrogen-bond acceptors (Lipinski definition) is 4. The molecule has 5 heteroatoms. The zero-order valence-corrected chi connectivity index (χ0v) is 17.8. The number of rotatable bonds is 6. The fraction of sp³-hybridized carbons (Fsp3) is 0.385. The lowest BCUT2D eigenvalue weighted by Gasteiger charge is -2.43. The van der Waals surface area contributed by atoms with Gasteiger partial charge >= 0.3 is 0 Å². The summed E-state index contributed by atoms with van der Waals surface area (Å²) in [5.41, 5.74) is 3.29. The Bertz CT molecular complexity index is 990. The van der Waals surface area contributed by atoms with Crippen LogP contribution in [-0.2, 0) is 16.9 Å². The van der Waals surface area contributed by atoms with Crippen molar-refractivity contribution in [2.24, 2.45) is 0 Å². The Hall–Kier alpha value is -2.76. The van der Waals surface area contributed by atoms with Crippen molar-refractivity contribution in [1.29, 1.82) is 0 Å². The number of fused-ring (bicyclic) bond motifs is 2. The third-order valence-corrected chi connectivity index (χ3v) is 6.79. The second-order valence-electron chi connectivity index (χ2n) is 8.54. The molecule has 2 amide bonds. The summed E-state index contributed by atoms with van der Waals surface area (Å²) >= 11 is 0. The Balaban J connectivity index is 1.27. The van der Waals surface area contributed by atoms with E-state index in [1.54, 1.807) is 24.3 Å². The molecule has 0 spiro atoms. The van der Waals surface area contributed by atoms with Gasteiger partial charge in [0.05, 0.1) is 17.7 Å². The lowest BCUT2D eigenvalue weighted by Crippen LogP contribution is -2.49. The van der Waals surface area contributed by atoms with Crippen molar-refractivity contribution in [2.75, 3.05) is 26.2 Å². The number of nitrogens with zero attached hydrogens (tertiary/aromatic N) is 2. The summed E-state index contributed by atoms with van der Waals surface area (Å²) in [5, 5.41) is 0. The molecule has 1 saturated heterocycles. The molecule has 2 aromatic rings. The number of amides is 2. The molecule has 0 aromatic heterocycles. The molecular weight excluding hydrogens is 388 g/mol. The molecule has 1 unspecified atom stereocenters. The van der Waals surface area contributed by atoms with E-state index in [0.29, 0.717) is 17.7 Å². The molecule has 2 aromatic carbocycles. The van der Waals surface area contributed by atoms with E-state index in [2.05, 4.69) is 29.2 Å². The highest BCUT2D eigenvalue weighted by atomic mass is 16.5. The first-order valence-corrected chi connectivity index (χ1v) is 11.3. The van der Waals surface area contributed by atoms with Gasteiger partial charge in [-0.05, 0) is 43.4 Å². The first-order valence-electron chi connectivity index (χ1n) is 11.3. The Morgan fingerprint density at radius 3 is 2.29 bits per heavy atom. The highest BCUT2D eigenvalue weighted by Gasteiger charge is 2.44. The number of likely N-dealkylation sites (tertiary alicyclic amines) is 1. The number of hydrogen-bond donors (Lipinski definition) is 0. The summed E-state index contributed by atoms with van der Waals surface area (Å²) in [6, 6.07) is 15.6. The summed E-state index contributed by atoms with van der Waals surface area (Å²) in [5.74, 6) is -0.443. The molecule has 160 valence electrons. The topological polar surface area (TPSA) is 49.9 Å². The Morgan fingerprint density at radius 2 is 1.55 bits per heavy atom. The van der Waals surface area contributed by atoms with Crippen molar-refractivity contribution in [3.05, 3.63) is 82.9 Å². The van der Waals surface area contributed by atoms with Crippen molar-refractivity contribution in [1.82, 2.24) is 9.80 Å². The zero-order valence-electron chi connectivity index (χ0n) is 17.8. The molecular formula is C26H28N2O3. The van der Waals surface area contributed by atoms with E-state index in [0.717, 1.165) is 25.9 Å². The van der Waals surface area contributed by atoms with Crippen molar-refractivity contribution in [3.63, 3.8) is 0 Å². The quantitative estimate of drug-likeness (QED) is 0.525. The van der Waals surface area contributed by atoms with Crippen molar-refractivity contribution in [3.8, 4) is 0 Å². The third kappa shape index (κ3) is 3.52. The lowest BCUT2D eigenvalue weighted by molar-refractivity contribution is -0.161. The van der Waals surface area contributed by atoms with Gasteiger partial charge in [0.2, 0.25) is 0 Å².